The van der Waals surface area contributed by atoms with E-state index in [1.807, 2.05) is 6.92 Å². The standard InChI is InChI=1S/C3H6.BrH/c1-3-2;/h3H,1H2,2H3;1H. The Kier molecular flexibility index (Phi) is 23.7. The van der Waals surface area contributed by atoms with Crippen LogP contribution < -0.4 is 0 Å². The molecule has 0 unspecified atom stereocenters. The molecule has 0 aliphatic heterocycles. The van der Waals surface area contributed by atoms with E-state index in [1.165, 1.54) is 0 Å². The number of rotatable bonds is 0. The lowest BCUT2D eigenvalue weighted by Crippen LogP contribution is -1.07. The van der Waals surface area contributed by atoms with Crippen LogP contribution in [-0.4, -0.2) is 0 Å². The molecule has 0 amide bonds. The molecule has 0 saturated carbocycles. The summed E-state index contributed by atoms with van der Waals surface area (Å²) in [5.41, 5.74) is 0. The van der Waals surface area contributed by atoms with E-state index >= 15 is 0 Å². The maximum atomic E-state index is 3.36. The number of hydrogen-bond acceptors (Lipinski definition) is 0. The summed E-state index contributed by atoms with van der Waals surface area (Å²) in [6.07, 6.45) is 1.75. The van der Waals surface area contributed by atoms with Crippen molar-refractivity contribution in [1.82, 2.24) is 0 Å². The minimum atomic E-state index is 0. The summed E-state index contributed by atoms with van der Waals surface area (Å²) in [7, 11) is 0. The highest BCUT2D eigenvalue weighted by atomic mass is 79.9. The van der Waals surface area contributed by atoms with E-state index in [4.69, 9.17) is 0 Å². The van der Waals surface area contributed by atoms with Gasteiger partial charge >= 0.3 is 0 Å². The van der Waals surface area contributed by atoms with Crippen LogP contribution in [0.25, 0.3) is 0 Å². The maximum absolute atomic E-state index is 3.36. The average Bonchev–Trinajstić information content (AvgIpc) is 0.918. The monoisotopic (exact) mass is 122 g/mol. The lowest BCUT2D eigenvalue weighted by molar-refractivity contribution is 1.80. The third-order valence-corrected chi connectivity index (χ3v) is 0. The summed E-state index contributed by atoms with van der Waals surface area (Å²) in [5, 5.41) is 0. The molecular formula is C3H7Br. The summed E-state index contributed by atoms with van der Waals surface area (Å²) in [4.78, 5) is 0. The van der Waals surface area contributed by atoms with E-state index < -0.39 is 0 Å². The van der Waals surface area contributed by atoms with Gasteiger partial charge in [-0.1, -0.05) is 6.08 Å². The van der Waals surface area contributed by atoms with Gasteiger partial charge in [0.25, 0.3) is 0 Å². The van der Waals surface area contributed by atoms with Crippen LogP contribution in [0.2, 0.25) is 0 Å². The fourth-order valence-corrected chi connectivity index (χ4v) is 0. The molecule has 0 atom stereocenters. The first kappa shape index (κ1) is 8.88. The molecule has 0 saturated heterocycles. The SMILES string of the molecule is Br.C=CC. The Morgan fingerprint density at radius 2 is 1.75 bits per heavy atom. The molecule has 0 aliphatic carbocycles. The Balaban J connectivity index is 0. The third-order valence-electron chi connectivity index (χ3n) is 0. The molecule has 0 rings (SSSR count). The molecule has 0 spiro atoms. The van der Waals surface area contributed by atoms with E-state index in [9.17, 15) is 0 Å². The second-order valence-corrected chi connectivity index (χ2v) is 0.408. The van der Waals surface area contributed by atoms with Crippen molar-refractivity contribution in [2.24, 2.45) is 0 Å². The van der Waals surface area contributed by atoms with Crippen molar-refractivity contribution in [1.29, 1.82) is 0 Å². The molecular weight excluding hydrogens is 116 g/mol. The molecule has 0 bridgehead atoms. The highest BCUT2D eigenvalue weighted by molar-refractivity contribution is 8.93. The van der Waals surface area contributed by atoms with E-state index in [0.29, 0.717) is 0 Å². The minimum Gasteiger partial charge on any atom is -0.114 e. The Morgan fingerprint density at radius 3 is 1.75 bits per heavy atom. The zero-order valence-corrected chi connectivity index (χ0v) is 4.41. The molecule has 0 aliphatic rings. The van der Waals surface area contributed by atoms with E-state index in [-0.39, 0.29) is 17.0 Å². The fraction of sp³-hybridized carbons (Fsp3) is 0.333. The first-order valence-electron chi connectivity index (χ1n) is 0.986. The van der Waals surface area contributed by atoms with Crippen LogP contribution in [0.3, 0.4) is 0 Å². The van der Waals surface area contributed by atoms with Crippen molar-refractivity contribution >= 4 is 17.0 Å². The van der Waals surface area contributed by atoms with E-state index in [2.05, 4.69) is 6.58 Å². The van der Waals surface area contributed by atoms with Gasteiger partial charge in [0.05, 0.1) is 0 Å². The zero-order chi connectivity index (χ0) is 2.71. The molecule has 0 N–H and O–H groups in total. The first-order valence-corrected chi connectivity index (χ1v) is 0.986. The Hall–Kier alpha value is 0.220. The summed E-state index contributed by atoms with van der Waals surface area (Å²) < 4.78 is 0. The average molecular weight is 123 g/mol. The lowest BCUT2D eigenvalue weighted by atomic mass is 10.8. The molecule has 0 fully saturated rings. The van der Waals surface area contributed by atoms with Gasteiger partial charge < -0.3 is 0 Å². The lowest BCUT2D eigenvalue weighted by Gasteiger charge is -1.31. The van der Waals surface area contributed by atoms with Crippen molar-refractivity contribution in [2.45, 2.75) is 6.92 Å². The third kappa shape index (κ3) is 68.3. The summed E-state index contributed by atoms with van der Waals surface area (Å²) in [5.74, 6) is 0. The molecule has 1 heteroatoms. The molecule has 0 nitrogen and oxygen atoms in total. The van der Waals surface area contributed by atoms with Crippen LogP contribution in [-0.2, 0) is 0 Å². The van der Waals surface area contributed by atoms with Crippen molar-refractivity contribution in [3.05, 3.63) is 12.7 Å². The molecule has 0 aromatic heterocycles. The topological polar surface area (TPSA) is 0 Å². The predicted molar refractivity (Wildman–Crippen MR) is 26.2 cm³/mol. The van der Waals surface area contributed by atoms with Crippen molar-refractivity contribution in [3.8, 4) is 0 Å². The van der Waals surface area contributed by atoms with Gasteiger partial charge in [0.1, 0.15) is 0 Å². The van der Waals surface area contributed by atoms with Crippen LogP contribution in [0, 0.1) is 0 Å². The van der Waals surface area contributed by atoms with Crippen molar-refractivity contribution in [3.63, 3.8) is 0 Å². The molecule has 26 valence electrons. The molecule has 0 aromatic carbocycles. The van der Waals surface area contributed by atoms with E-state index in [1.54, 1.807) is 6.08 Å². The van der Waals surface area contributed by atoms with Crippen LogP contribution in [0.1, 0.15) is 6.92 Å². The van der Waals surface area contributed by atoms with Crippen LogP contribution in [0.4, 0.5) is 0 Å². The van der Waals surface area contributed by atoms with Gasteiger partial charge in [0.15, 0.2) is 0 Å². The quantitative estimate of drug-likeness (QED) is 0.430. The minimum absolute atomic E-state index is 0. The van der Waals surface area contributed by atoms with Gasteiger partial charge in [-0.05, 0) is 6.92 Å². The Bertz CT molecular complexity index is 10.8. The highest BCUT2D eigenvalue weighted by Crippen LogP contribution is 1.38. The molecule has 4 heavy (non-hydrogen) atoms. The fourth-order valence-electron chi connectivity index (χ4n) is 0. The summed E-state index contributed by atoms with van der Waals surface area (Å²) in [6, 6.07) is 0. The Morgan fingerprint density at radius 1 is 1.75 bits per heavy atom. The number of hydrogen-bond donors (Lipinski definition) is 0. The number of allylic oxidation sites excluding steroid dienone is 1. The van der Waals surface area contributed by atoms with Crippen molar-refractivity contribution < 1.29 is 0 Å². The van der Waals surface area contributed by atoms with Gasteiger partial charge in [-0.15, -0.1) is 23.6 Å². The normalized spacial score (nSPS) is 3.25. The largest absolute Gasteiger partial charge is 0.114 e. The smallest absolute Gasteiger partial charge is 0.0473 e. The van der Waals surface area contributed by atoms with Gasteiger partial charge in [0.2, 0.25) is 0 Å². The highest BCUT2D eigenvalue weighted by Gasteiger charge is 1.15. The first-order chi connectivity index (χ1) is 1.41. The second-order valence-electron chi connectivity index (χ2n) is 0.408. The number of halogens is 1. The van der Waals surface area contributed by atoms with Gasteiger partial charge in [-0.2, -0.15) is 0 Å². The zero-order valence-electron chi connectivity index (χ0n) is 2.69. The summed E-state index contributed by atoms with van der Waals surface area (Å²) in [6.45, 7) is 5.25. The maximum Gasteiger partial charge on any atom is -0.0473 e. The van der Waals surface area contributed by atoms with Gasteiger partial charge in [-0.25, -0.2) is 0 Å². The molecule has 0 heterocycles. The van der Waals surface area contributed by atoms with Crippen molar-refractivity contribution in [2.75, 3.05) is 0 Å². The van der Waals surface area contributed by atoms with Crippen LogP contribution in [0.15, 0.2) is 12.7 Å². The van der Waals surface area contributed by atoms with Gasteiger partial charge in [0, 0.05) is 0 Å². The molecule has 0 aromatic rings. The van der Waals surface area contributed by atoms with Gasteiger partial charge in [-0.3, -0.25) is 0 Å². The van der Waals surface area contributed by atoms with E-state index in [0.717, 1.165) is 0 Å². The van der Waals surface area contributed by atoms with Crippen LogP contribution >= 0.6 is 17.0 Å². The summed E-state index contributed by atoms with van der Waals surface area (Å²) >= 11 is 0. The second kappa shape index (κ2) is 10.7. The van der Waals surface area contributed by atoms with Crippen LogP contribution in [0.5, 0.6) is 0 Å². The Labute approximate surface area is 37.3 Å². The molecule has 0 radical (unpaired) electrons. The predicted octanol–water partition coefficient (Wildman–Crippen LogP) is 1.77.